The number of carboxylic acid groups (broad SMARTS) is 2. The number of hydrogen-bond acceptors (Lipinski definition) is 2. The number of carboxylic acids is 2. The van der Waals surface area contributed by atoms with Crippen LogP contribution >= 0.6 is 0 Å². The highest BCUT2D eigenvalue weighted by Crippen LogP contribution is 2.11. The van der Waals surface area contributed by atoms with E-state index in [9.17, 15) is 9.59 Å². The molecule has 0 aromatic heterocycles. The largest absolute Gasteiger partial charge is 0.478 e. The van der Waals surface area contributed by atoms with Gasteiger partial charge in [0.15, 0.2) is 0 Å². The molecule has 0 heterocycles. The van der Waals surface area contributed by atoms with Gasteiger partial charge in [-0.05, 0) is 26.7 Å². The minimum atomic E-state index is -0.981. The third-order valence-corrected chi connectivity index (χ3v) is 2.04. The summed E-state index contributed by atoms with van der Waals surface area (Å²) in [5.41, 5.74) is 1.50. The van der Waals surface area contributed by atoms with Crippen molar-refractivity contribution < 1.29 is 19.8 Å². The van der Waals surface area contributed by atoms with Gasteiger partial charge >= 0.3 is 11.9 Å². The predicted octanol–water partition coefficient (Wildman–Crippen LogP) is 2.85. The summed E-state index contributed by atoms with van der Waals surface area (Å²) in [6.07, 6.45) is 3.94. The van der Waals surface area contributed by atoms with Crippen molar-refractivity contribution in [3.05, 3.63) is 23.8 Å². The quantitative estimate of drug-likeness (QED) is 0.709. The second-order valence-electron chi connectivity index (χ2n) is 3.36. The Kier molecular flexibility index (Phi) is 10.5. The fraction of sp³-hybridized carbons (Fsp3) is 0.500. The Morgan fingerprint density at radius 2 is 1.69 bits per heavy atom. The third-order valence-electron chi connectivity index (χ3n) is 2.04. The van der Waals surface area contributed by atoms with E-state index in [2.05, 4.69) is 13.5 Å². The molecule has 0 saturated heterocycles. The van der Waals surface area contributed by atoms with Gasteiger partial charge in [0.05, 0.1) is 0 Å². The molecule has 0 aliphatic carbocycles. The van der Waals surface area contributed by atoms with Crippen LogP contribution < -0.4 is 0 Å². The molecule has 0 saturated carbocycles. The second-order valence-corrected chi connectivity index (χ2v) is 3.36. The van der Waals surface area contributed by atoms with E-state index in [0.717, 1.165) is 30.9 Å². The Morgan fingerprint density at radius 1 is 1.25 bits per heavy atom. The summed E-state index contributed by atoms with van der Waals surface area (Å²) in [5.74, 6) is -1.77. The molecule has 0 aromatic carbocycles. The molecular weight excluding hydrogens is 208 g/mol. The zero-order valence-corrected chi connectivity index (χ0v) is 10.1. The van der Waals surface area contributed by atoms with Gasteiger partial charge in [0, 0.05) is 11.6 Å². The van der Waals surface area contributed by atoms with E-state index in [1.165, 1.54) is 0 Å². The zero-order chi connectivity index (χ0) is 13.1. The van der Waals surface area contributed by atoms with Gasteiger partial charge in [0.25, 0.3) is 0 Å². The predicted molar refractivity (Wildman–Crippen MR) is 63.4 cm³/mol. The van der Waals surface area contributed by atoms with Crippen LogP contribution in [-0.4, -0.2) is 22.2 Å². The van der Waals surface area contributed by atoms with Gasteiger partial charge in [0.1, 0.15) is 0 Å². The first-order valence-corrected chi connectivity index (χ1v) is 5.11. The lowest BCUT2D eigenvalue weighted by Gasteiger charge is -2.01. The Morgan fingerprint density at radius 3 is 1.94 bits per heavy atom. The molecule has 2 N–H and O–H groups in total. The highest BCUT2D eigenvalue weighted by Gasteiger charge is 2.03. The normalized spacial score (nSPS) is 10.7. The monoisotopic (exact) mass is 228 g/mol. The second kappa shape index (κ2) is 9.96. The highest BCUT2D eigenvalue weighted by molar-refractivity contribution is 5.86. The van der Waals surface area contributed by atoms with E-state index < -0.39 is 11.9 Å². The summed E-state index contributed by atoms with van der Waals surface area (Å²) in [4.78, 5) is 19.7. The molecule has 16 heavy (non-hydrogen) atoms. The number of rotatable bonds is 5. The van der Waals surface area contributed by atoms with E-state index in [1.807, 2.05) is 6.92 Å². The average molecular weight is 228 g/mol. The summed E-state index contributed by atoms with van der Waals surface area (Å²) < 4.78 is 0. The first-order chi connectivity index (χ1) is 7.36. The number of aliphatic carboxylic acids is 2. The van der Waals surface area contributed by atoms with Crippen molar-refractivity contribution in [2.45, 2.75) is 40.0 Å². The fourth-order valence-electron chi connectivity index (χ4n) is 0.812. The first-order valence-electron chi connectivity index (χ1n) is 5.11. The van der Waals surface area contributed by atoms with E-state index in [1.54, 1.807) is 6.92 Å². The van der Waals surface area contributed by atoms with Crippen LogP contribution in [0.3, 0.4) is 0 Å². The van der Waals surface area contributed by atoms with Crippen LogP contribution in [0.25, 0.3) is 0 Å². The number of allylic oxidation sites excluding steroid dienone is 1. The molecule has 92 valence electrons. The minimum Gasteiger partial charge on any atom is -0.478 e. The Balaban J connectivity index is 0. The number of hydrogen-bond donors (Lipinski definition) is 2. The molecule has 0 atom stereocenters. The van der Waals surface area contributed by atoms with Crippen LogP contribution in [0.1, 0.15) is 40.0 Å². The summed E-state index contributed by atoms with van der Waals surface area (Å²) in [5, 5.41) is 16.2. The van der Waals surface area contributed by atoms with Gasteiger partial charge in [-0.15, -0.1) is 0 Å². The zero-order valence-electron chi connectivity index (χ0n) is 10.1. The van der Waals surface area contributed by atoms with Crippen molar-refractivity contribution >= 4 is 11.9 Å². The van der Waals surface area contributed by atoms with E-state index in [4.69, 9.17) is 10.2 Å². The standard InChI is InChI=1S/C9H16O2.C3H4O2/c1-4-5-6-7(2)8(3)9(10)11;1-2-3(4)5/h4-6H2,1-3H3,(H,10,11);2H,1H2,(H,4,5). The summed E-state index contributed by atoms with van der Waals surface area (Å²) in [6, 6.07) is 0. The van der Waals surface area contributed by atoms with Crippen molar-refractivity contribution in [2.75, 3.05) is 0 Å². The highest BCUT2D eigenvalue weighted by atomic mass is 16.4. The molecule has 0 aliphatic heterocycles. The molecule has 0 bridgehead atoms. The van der Waals surface area contributed by atoms with Crippen LogP contribution in [0.4, 0.5) is 0 Å². The third kappa shape index (κ3) is 10.5. The molecule has 0 radical (unpaired) electrons. The van der Waals surface area contributed by atoms with Gasteiger partial charge in [-0.3, -0.25) is 0 Å². The molecule has 0 aliphatic rings. The molecule has 4 heteroatoms. The first kappa shape index (κ1) is 16.8. The fourth-order valence-corrected chi connectivity index (χ4v) is 0.812. The average Bonchev–Trinajstić information content (AvgIpc) is 2.25. The minimum absolute atomic E-state index is 0.499. The molecule has 0 fully saturated rings. The van der Waals surface area contributed by atoms with Crippen molar-refractivity contribution in [1.29, 1.82) is 0 Å². The molecular formula is C12H20O4. The van der Waals surface area contributed by atoms with Gasteiger partial charge in [-0.2, -0.15) is 0 Å². The molecule has 0 aromatic rings. The van der Waals surface area contributed by atoms with Crippen LogP contribution in [-0.2, 0) is 9.59 Å². The number of carbonyl (C=O) groups is 2. The molecule has 0 amide bonds. The van der Waals surface area contributed by atoms with Crippen LogP contribution in [0.5, 0.6) is 0 Å². The Labute approximate surface area is 96.3 Å². The lowest BCUT2D eigenvalue weighted by Crippen LogP contribution is -1.99. The van der Waals surface area contributed by atoms with E-state index >= 15 is 0 Å². The van der Waals surface area contributed by atoms with Gasteiger partial charge in [0.2, 0.25) is 0 Å². The van der Waals surface area contributed by atoms with Crippen LogP contribution in [0.2, 0.25) is 0 Å². The topological polar surface area (TPSA) is 74.6 Å². The molecule has 0 spiro atoms. The van der Waals surface area contributed by atoms with E-state index in [0.29, 0.717) is 5.57 Å². The lowest BCUT2D eigenvalue weighted by molar-refractivity contribution is -0.133. The maximum atomic E-state index is 10.4. The van der Waals surface area contributed by atoms with E-state index in [-0.39, 0.29) is 0 Å². The summed E-state index contributed by atoms with van der Waals surface area (Å²) in [7, 11) is 0. The molecule has 0 rings (SSSR count). The SMILES string of the molecule is C=CC(=O)O.CCCCC(C)=C(C)C(=O)O. The van der Waals surface area contributed by atoms with Gasteiger partial charge in [-0.1, -0.05) is 25.5 Å². The van der Waals surface area contributed by atoms with Crippen molar-refractivity contribution in [3.8, 4) is 0 Å². The van der Waals surface area contributed by atoms with Crippen LogP contribution in [0.15, 0.2) is 23.8 Å². The summed E-state index contributed by atoms with van der Waals surface area (Å²) in [6.45, 7) is 8.61. The van der Waals surface area contributed by atoms with Crippen molar-refractivity contribution in [2.24, 2.45) is 0 Å². The molecule has 0 unspecified atom stereocenters. The maximum Gasteiger partial charge on any atom is 0.331 e. The Hall–Kier alpha value is -1.58. The molecule has 4 nitrogen and oxygen atoms in total. The lowest BCUT2D eigenvalue weighted by atomic mass is 10.1. The van der Waals surface area contributed by atoms with Crippen LogP contribution in [0, 0.1) is 0 Å². The smallest absolute Gasteiger partial charge is 0.331 e. The van der Waals surface area contributed by atoms with Crippen molar-refractivity contribution in [3.63, 3.8) is 0 Å². The number of unbranched alkanes of at least 4 members (excludes halogenated alkanes) is 1. The summed E-state index contributed by atoms with van der Waals surface area (Å²) >= 11 is 0. The Bertz CT molecular complexity index is 277. The van der Waals surface area contributed by atoms with Crippen molar-refractivity contribution in [1.82, 2.24) is 0 Å². The van der Waals surface area contributed by atoms with Gasteiger partial charge in [-0.25, -0.2) is 9.59 Å². The van der Waals surface area contributed by atoms with Gasteiger partial charge < -0.3 is 10.2 Å². The maximum absolute atomic E-state index is 10.4.